The minimum Gasteiger partial charge on any atom is -0.490 e. The number of fused-ring (bicyclic) bond motifs is 3. The molecule has 0 radical (unpaired) electrons. The van der Waals surface area contributed by atoms with Crippen molar-refractivity contribution in [1.82, 2.24) is 4.90 Å². The second-order valence-electron chi connectivity index (χ2n) is 11.0. The third-order valence-electron chi connectivity index (χ3n) is 8.65. The van der Waals surface area contributed by atoms with Crippen molar-refractivity contribution in [2.24, 2.45) is 11.8 Å². The first-order chi connectivity index (χ1) is 17.9. The first kappa shape index (κ1) is 27.1. The van der Waals surface area contributed by atoms with Gasteiger partial charge in [0.1, 0.15) is 11.3 Å². The summed E-state index contributed by atoms with van der Waals surface area (Å²) in [5.74, 6) is -2.87. The lowest BCUT2D eigenvalue weighted by Gasteiger charge is -2.37. The van der Waals surface area contributed by atoms with Gasteiger partial charge in [0, 0.05) is 18.6 Å². The third kappa shape index (κ3) is 5.60. The maximum atomic E-state index is 14.3. The SMILES string of the molecule is O=C(O)C1CC2CC[C@@H](C1)N2CCc1ccc2ccc(O[C@H]3CC[C@@H](C(F)(F)F)CC3)c(C(F)(F)F)c2c1. The molecule has 2 heterocycles. The zero-order valence-electron chi connectivity index (χ0n) is 20.8. The molecule has 5 rings (SSSR count). The Hall–Kier alpha value is -2.49. The van der Waals surface area contributed by atoms with Gasteiger partial charge in [-0.15, -0.1) is 0 Å². The summed E-state index contributed by atoms with van der Waals surface area (Å²) >= 11 is 0. The molecule has 1 saturated carbocycles. The zero-order valence-corrected chi connectivity index (χ0v) is 20.8. The molecule has 0 amide bonds. The van der Waals surface area contributed by atoms with Crippen LogP contribution in [0.1, 0.15) is 62.5 Å². The van der Waals surface area contributed by atoms with E-state index in [2.05, 4.69) is 4.90 Å². The van der Waals surface area contributed by atoms with Crippen LogP contribution in [0.25, 0.3) is 10.8 Å². The highest BCUT2D eigenvalue weighted by Gasteiger charge is 2.44. The van der Waals surface area contributed by atoms with Crippen LogP contribution in [0.4, 0.5) is 26.3 Å². The van der Waals surface area contributed by atoms with E-state index in [4.69, 9.17) is 4.74 Å². The molecule has 38 heavy (non-hydrogen) atoms. The first-order valence-corrected chi connectivity index (χ1v) is 13.2. The van der Waals surface area contributed by atoms with Gasteiger partial charge in [0.2, 0.25) is 0 Å². The van der Waals surface area contributed by atoms with Gasteiger partial charge >= 0.3 is 18.3 Å². The van der Waals surface area contributed by atoms with Crippen molar-refractivity contribution in [3.63, 3.8) is 0 Å². The molecule has 1 N–H and O–H groups in total. The monoisotopic (exact) mass is 543 g/mol. The lowest BCUT2D eigenvalue weighted by Crippen LogP contribution is -2.45. The number of piperidine rings is 1. The van der Waals surface area contributed by atoms with Crippen LogP contribution in [0.3, 0.4) is 0 Å². The van der Waals surface area contributed by atoms with E-state index in [1.807, 2.05) is 6.07 Å². The zero-order chi connectivity index (χ0) is 27.2. The molecule has 3 fully saturated rings. The fourth-order valence-electron chi connectivity index (χ4n) is 6.68. The number of alkyl halides is 6. The Morgan fingerprint density at radius 1 is 0.921 bits per heavy atom. The molecule has 2 saturated heterocycles. The van der Waals surface area contributed by atoms with Crippen LogP contribution in [0.2, 0.25) is 0 Å². The Labute approximate surface area is 216 Å². The number of halogens is 6. The lowest BCUT2D eigenvalue weighted by molar-refractivity contribution is -0.185. The summed E-state index contributed by atoms with van der Waals surface area (Å²) in [7, 11) is 0. The number of benzene rings is 2. The highest BCUT2D eigenvalue weighted by Crippen LogP contribution is 2.44. The van der Waals surface area contributed by atoms with Crippen LogP contribution in [0.15, 0.2) is 30.3 Å². The smallest absolute Gasteiger partial charge is 0.420 e. The average Bonchev–Trinajstić information content (AvgIpc) is 3.07. The van der Waals surface area contributed by atoms with Crippen LogP contribution >= 0.6 is 0 Å². The third-order valence-corrected chi connectivity index (χ3v) is 8.65. The van der Waals surface area contributed by atoms with Crippen molar-refractivity contribution in [3.8, 4) is 5.75 Å². The van der Waals surface area contributed by atoms with E-state index >= 15 is 0 Å². The number of aliphatic carboxylic acids is 1. The van der Waals surface area contributed by atoms with Gasteiger partial charge in [0.05, 0.1) is 17.9 Å². The van der Waals surface area contributed by atoms with Gasteiger partial charge in [-0.25, -0.2) is 0 Å². The van der Waals surface area contributed by atoms with Crippen molar-refractivity contribution in [1.29, 1.82) is 0 Å². The van der Waals surface area contributed by atoms with Crippen LogP contribution in [0.5, 0.6) is 5.75 Å². The normalized spacial score (nSPS) is 28.5. The molecule has 0 aromatic heterocycles. The van der Waals surface area contributed by atoms with E-state index in [1.54, 1.807) is 12.1 Å². The van der Waals surface area contributed by atoms with E-state index in [1.165, 1.54) is 12.1 Å². The second-order valence-corrected chi connectivity index (χ2v) is 11.0. The van der Waals surface area contributed by atoms with Crippen molar-refractivity contribution in [2.45, 2.75) is 88.3 Å². The maximum absolute atomic E-state index is 14.3. The Morgan fingerprint density at radius 3 is 2.13 bits per heavy atom. The van der Waals surface area contributed by atoms with Gasteiger partial charge < -0.3 is 9.84 Å². The van der Waals surface area contributed by atoms with Crippen LogP contribution in [0, 0.1) is 11.8 Å². The second kappa shape index (κ2) is 10.2. The van der Waals surface area contributed by atoms with Crippen molar-refractivity contribution >= 4 is 16.7 Å². The molecule has 3 atom stereocenters. The number of nitrogens with zero attached hydrogens (tertiary/aromatic N) is 1. The van der Waals surface area contributed by atoms with Gasteiger partial charge in [-0.2, -0.15) is 26.3 Å². The number of carboxylic acids is 1. The number of hydrogen-bond donors (Lipinski definition) is 1. The van der Waals surface area contributed by atoms with Crippen LogP contribution < -0.4 is 4.74 Å². The Kier molecular flexibility index (Phi) is 7.30. The summed E-state index contributed by atoms with van der Waals surface area (Å²) in [6.07, 6.45) is -6.27. The summed E-state index contributed by atoms with van der Waals surface area (Å²) < 4.78 is 87.5. The molecule has 1 aliphatic carbocycles. The molecule has 4 nitrogen and oxygen atoms in total. The summed E-state index contributed by atoms with van der Waals surface area (Å²) in [4.78, 5) is 13.7. The van der Waals surface area contributed by atoms with E-state index in [0.717, 1.165) is 18.4 Å². The maximum Gasteiger partial charge on any atom is 0.420 e. The van der Waals surface area contributed by atoms with Crippen molar-refractivity contribution < 1.29 is 41.0 Å². The van der Waals surface area contributed by atoms with Crippen LogP contribution in [-0.2, 0) is 17.4 Å². The number of hydrogen-bond acceptors (Lipinski definition) is 3. The Balaban J connectivity index is 1.33. The number of carbonyl (C=O) groups is 1. The number of rotatable bonds is 6. The molecule has 2 aliphatic heterocycles. The molecule has 208 valence electrons. The predicted octanol–water partition coefficient (Wildman–Crippen LogP) is 7.23. The molecule has 2 unspecified atom stereocenters. The average molecular weight is 544 g/mol. The molecule has 10 heteroatoms. The molecule has 2 bridgehead atoms. The summed E-state index contributed by atoms with van der Waals surface area (Å²) in [5.41, 5.74) is -0.150. The van der Waals surface area contributed by atoms with Crippen molar-refractivity contribution in [2.75, 3.05) is 6.54 Å². The van der Waals surface area contributed by atoms with E-state index < -0.39 is 35.9 Å². The minimum atomic E-state index is -4.70. The van der Waals surface area contributed by atoms with Crippen molar-refractivity contribution in [3.05, 3.63) is 41.5 Å². The van der Waals surface area contributed by atoms with E-state index in [0.29, 0.717) is 31.2 Å². The van der Waals surface area contributed by atoms with Gasteiger partial charge in [-0.3, -0.25) is 9.69 Å². The topological polar surface area (TPSA) is 49.8 Å². The van der Waals surface area contributed by atoms with Crippen LogP contribution in [-0.4, -0.2) is 46.9 Å². The molecular formula is C28H31F6NO3. The fraction of sp³-hybridized carbons (Fsp3) is 0.607. The molecule has 2 aromatic rings. The lowest BCUT2D eigenvalue weighted by atomic mass is 9.87. The number of carboxylic acid groups (broad SMARTS) is 1. The molecular weight excluding hydrogens is 512 g/mol. The Morgan fingerprint density at radius 2 is 1.55 bits per heavy atom. The van der Waals surface area contributed by atoms with Gasteiger partial charge in [-0.05, 0) is 80.2 Å². The number of ether oxygens (including phenoxy) is 1. The van der Waals surface area contributed by atoms with Gasteiger partial charge in [0.15, 0.2) is 0 Å². The standard InChI is InChI=1S/C28H31F6NO3/c29-27(30,31)19-4-8-22(9-5-19)38-24-10-3-17-2-1-16(13-23(17)25(24)28(32,33)34)11-12-35-20-6-7-21(35)15-18(14-20)26(36)37/h1-3,10,13,18-22H,4-9,11-12,14-15H2,(H,36,37)/t18?,19-,20-,21?,22+/m0/s1. The molecule has 2 aromatic carbocycles. The molecule has 0 spiro atoms. The first-order valence-electron chi connectivity index (χ1n) is 13.2. The van der Waals surface area contributed by atoms with Gasteiger partial charge in [0.25, 0.3) is 0 Å². The predicted molar refractivity (Wildman–Crippen MR) is 129 cm³/mol. The Bertz CT molecular complexity index is 1160. The highest BCUT2D eigenvalue weighted by molar-refractivity contribution is 5.89. The fourth-order valence-corrected chi connectivity index (χ4v) is 6.68. The minimum absolute atomic E-state index is 0.0176. The summed E-state index contributed by atoms with van der Waals surface area (Å²) in [5, 5.41) is 9.82. The highest BCUT2D eigenvalue weighted by atomic mass is 19.4. The summed E-state index contributed by atoms with van der Waals surface area (Å²) in [6, 6.07) is 8.21. The quantitative estimate of drug-likeness (QED) is 0.391. The molecule has 3 aliphatic rings. The van der Waals surface area contributed by atoms with E-state index in [9.17, 15) is 36.2 Å². The summed E-state index contributed by atoms with van der Waals surface area (Å²) in [6.45, 7) is 0.646. The van der Waals surface area contributed by atoms with Gasteiger partial charge in [-0.1, -0.05) is 24.3 Å². The largest absolute Gasteiger partial charge is 0.490 e. The van der Waals surface area contributed by atoms with E-state index in [-0.39, 0.29) is 54.8 Å².